The third-order valence-corrected chi connectivity index (χ3v) is 5.14. The first kappa shape index (κ1) is 16.6. The van der Waals surface area contributed by atoms with Crippen LogP contribution in [0.4, 0.5) is 0 Å². The summed E-state index contributed by atoms with van der Waals surface area (Å²) in [7, 11) is 0. The van der Waals surface area contributed by atoms with Gasteiger partial charge in [0.2, 0.25) is 5.91 Å². The summed E-state index contributed by atoms with van der Waals surface area (Å²) in [6.45, 7) is 4.25. The molecular weight excluding hydrogens is 312 g/mol. The molecule has 2 aliphatic rings. The molecule has 5 heteroatoms. The number of rotatable bonds is 4. The fourth-order valence-electron chi connectivity index (χ4n) is 3.50. The number of ether oxygens (including phenoxy) is 1. The van der Waals surface area contributed by atoms with Crippen LogP contribution >= 0.6 is 11.6 Å². The molecule has 1 atom stereocenters. The van der Waals surface area contributed by atoms with E-state index in [0.717, 1.165) is 57.6 Å². The summed E-state index contributed by atoms with van der Waals surface area (Å²) < 4.78 is 5.87. The summed E-state index contributed by atoms with van der Waals surface area (Å²) in [5.41, 5.74) is 0. The molecule has 1 N–H and O–H groups in total. The largest absolute Gasteiger partial charge is 0.492 e. The summed E-state index contributed by atoms with van der Waals surface area (Å²) >= 11 is 6.13. The first-order chi connectivity index (χ1) is 11.2. The molecule has 1 aromatic carbocycles. The minimum Gasteiger partial charge on any atom is -0.492 e. The molecule has 2 fully saturated rings. The van der Waals surface area contributed by atoms with Gasteiger partial charge in [-0.15, -0.1) is 0 Å². The van der Waals surface area contributed by atoms with E-state index in [0.29, 0.717) is 23.5 Å². The van der Waals surface area contributed by atoms with Gasteiger partial charge in [-0.1, -0.05) is 23.7 Å². The zero-order valence-electron chi connectivity index (χ0n) is 13.5. The van der Waals surface area contributed by atoms with Crippen LogP contribution in [-0.2, 0) is 4.79 Å². The van der Waals surface area contributed by atoms with Gasteiger partial charge >= 0.3 is 0 Å². The third-order valence-electron chi connectivity index (χ3n) is 4.83. The average molecular weight is 337 g/mol. The van der Waals surface area contributed by atoms with Crippen LogP contribution < -0.4 is 10.1 Å². The summed E-state index contributed by atoms with van der Waals surface area (Å²) in [5, 5.41) is 3.97. The molecule has 2 aliphatic heterocycles. The summed E-state index contributed by atoms with van der Waals surface area (Å²) in [5.74, 6) is 1.68. The number of amides is 1. The number of nitrogens with zero attached hydrogens (tertiary/aromatic N) is 1. The van der Waals surface area contributed by atoms with E-state index in [1.165, 1.54) is 0 Å². The van der Waals surface area contributed by atoms with Crippen molar-refractivity contribution >= 4 is 17.5 Å². The Bertz CT molecular complexity index is 532. The van der Waals surface area contributed by atoms with Gasteiger partial charge in [-0.2, -0.15) is 0 Å². The second-order valence-corrected chi connectivity index (χ2v) is 6.97. The predicted molar refractivity (Wildman–Crippen MR) is 91.8 cm³/mol. The monoisotopic (exact) mass is 336 g/mol. The van der Waals surface area contributed by atoms with Crippen molar-refractivity contribution in [3.63, 3.8) is 0 Å². The maximum atomic E-state index is 12.7. The molecule has 0 aliphatic carbocycles. The highest BCUT2D eigenvalue weighted by Crippen LogP contribution is 2.26. The predicted octanol–water partition coefficient (Wildman–Crippen LogP) is 2.96. The van der Waals surface area contributed by atoms with E-state index >= 15 is 0 Å². The Kier molecular flexibility index (Phi) is 5.79. The van der Waals surface area contributed by atoms with Gasteiger partial charge in [0.15, 0.2) is 0 Å². The Morgan fingerprint density at radius 1 is 1.26 bits per heavy atom. The lowest BCUT2D eigenvalue weighted by Crippen LogP contribution is -2.46. The van der Waals surface area contributed by atoms with Crippen LogP contribution in [0.25, 0.3) is 0 Å². The Morgan fingerprint density at radius 2 is 2.04 bits per heavy atom. The van der Waals surface area contributed by atoms with Crippen molar-refractivity contribution in [2.24, 2.45) is 11.8 Å². The van der Waals surface area contributed by atoms with Crippen LogP contribution in [-0.4, -0.2) is 43.6 Å². The normalized spacial score (nSPS) is 22.8. The number of hydrogen-bond donors (Lipinski definition) is 1. The van der Waals surface area contributed by atoms with Crippen LogP contribution in [0, 0.1) is 11.8 Å². The molecule has 2 heterocycles. The fraction of sp³-hybridized carbons (Fsp3) is 0.611. The maximum Gasteiger partial charge on any atom is 0.225 e. The molecule has 2 saturated heterocycles. The van der Waals surface area contributed by atoms with Gasteiger partial charge in [-0.05, 0) is 50.9 Å². The van der Waals surface area contributed by atoms with E-state index in [1.807, 2.05) is 24.3 Å². The van der Waals surface area contributed by atoms with Crippen LogP contribution in [0.3, 0.4) is 0 Å². The Hall–Kier alpha value is -1.26. The number of carbonyl (C=O) groups excluding carboxylic acids is 1. The Balaban J connectivity index is 1.51. The molecule has 1 aromatic rings. The smallest absolute Gasteiger partial charge is 0.225 e. The van der Waals surface area contributed by atoms with Crippen molar-refractivity contribution in [1.29, 1.82) is 0 Å². The molecule has 23 heavy (non-hydrogen) atoms. The molecule has 4 nitrogen and oxygen atoms in total. The number of para-hydroxylation sites is 1. The number of carbonyl (C=O) groups is 1. The van der Waals surface area contributed by atoms with Gasteiger partial charge in [0.25, 0.3) is 0 Å². The molecular formula is C18H25ClN2O2. The van der Waals surface area contributed by atoms with Crippen molar-refractivity contribution < 1.29 is 9.53 Å². The second kappa shape index (κ2) is 8.02. The standard InChI is InChI=1S/C18H25ClN2O2/c19-16-5-1-2-6-17(16)23-13-14-4-3-11-21(12-14)18(22)15-7-9-20-10-8-15/h1-2,5-6,14-15,20H,3-4,7-13H2. The molecule has 3 rings (SSSR count). The van der Waals surface area contributed by atoms with E-state index in [4.69, 9.17) is 16.3 Å². The van der Waals surface area contributed by atoms with Gasteiger partial charge in [-0.25, -0.2) is 0 Å². The van der Waals surface area contributed by atoms with Crippen molar-refractivity contribution in [2.45, 2.75) is 25.7 Å². The van der Waals surface area contributed by atoms with Gasteiger partial charge in [-0.3, -0.25) is 4.79 Å². The number of hydrogen-bond acceptors (Lipinski definition) is 3. The van der Waals surface area contributed by atoms with Crippen LogP contribution in [0.5, 0.6) is 5.75 Å². The third kappa shape index (κ3) is 4.39. The zero-order chi connectivity index (χ0) is 16.1. The SMILES string of the molecule is O=C(C1CCNCC1)N1CCCC(COc2ccccc2Cl)C1. The summed E-state index contributed by atoms with van der Waals surface area (Å²) in [4.78, 5) is 14.7. The molecule has 0 bridgehead atoms. The van der Waals surface area contributed by atoms with E-state index in [9.17, 15) is 4.79 Å². The lowest BCUT2D eigenvalue weighted by Gasteiger charge is -2.36. The van der Waals surface area contributed by atoms with Crippen molar-refractivity contribution in [2.75, 3.05) is 32.8 Å². The van der Waals surface area contributed by atoms with Gasteiger partial charge < -0.3 is 15.0 Å². The molecule has 126 valence electrons. The highest BCUT2D eigenvalue weighted by Gasteiger charge is 2.29. The lowest BCUT2D eigenvalue weighted by atomic mass is 9.93. The van der Waals surface area contributed by atoms with Gasteiger partial charge in [0.05, 0.1) is 11.6 Å². The molecule has 0 radical (unpaired) electrons. The Labute approximate surface area is 143 Å². The maximum absolute atomic E-state index is 12.7. The molecule has 0 spiro atoms. The summed E-state index contributed by atoms with van der Waals surface area (Å²) in [6.07, 6.45) is 4.11. The fourth-order valence-corrected chi connectivity index (χ4v) is 3.69. The number of likely N-dealkylation sites (tertiary alicyclic amines) is 1. The number of piperidine rings is 2. The number of benzene rings is 1. The van der Waals surface area contributed by atoms with E-state index in [2.05, 4.69) is 10.2 Å². The van der Waals surface area contributed by atoms with Crippen molar-refractivity contribution in [3.8, 4) is 5.75 Å². The topological polar surface area (TPSA) is 41.6 Å². The van der Waals surface area contributed by atoms with Crippen molar-refractivity contribution in [3.05, 3.63) is 29.3 Å². The van der Waals surface area contributed by atoms with Gasteiger partial charge in [0.1, 0.15) is 5.75 Å². The first-order valence-corrected chi connectivity index (χ1v) is 8.98. The summed E-state index contributed by atoms with van der Waals surface area (Å²) in [6, 6.07) is 7.55. The number of nitrogens with one attached hydrogen (secondary N) is 1. The van der Waals surface area contributed by atoms with Crippen LogP contribution in [0.2, 0.25) is 5.02 Å². The minimum atomic E-state index is 0.208. The quantitative estimate of drug-likeness (QED) is 0.919. The number of halogens is 1. The highest BCUT2D eigenvalue weighted by molar-refractivity contribution is 6.32. The van der Waals surface area contributed by atoms with Crippen LogP contribution in [0.1, 0.15) is 25.7 Å². The van der Waals surface area contributed by atoms with Crippen molar-refractivity contribution in [1.82, 2.24) is 10.2 Å². The highest BCUT2D eigenvalue weighted by atomic mass is 35.5. The van der Waals surface area contributed by atoms with E-state index < -0.39 is 0 Å². The zero-order valence-corrected chi connectivity index (χ0v) is 14.2. The van der Waals surface area contributed by atoms with E-state index in [1.54, 1.807) is 0 Å². The molecule has 1 amide bonds. The second-order valence-electron chi connectivity index (χ2n) is 6.56. The van der Waals surface area contributed by atoms with E-state index in [-0.39, 0.29) is 5.92 Å². The van der Waals surface area contributed by atoms with Gasteiger partial charge in [0, 0.05) is 24.9 Å². The lowest BCUT2D eigenvalue weighted by molar-refractivity contribution is -0.138. The molecule has 1 unspecified atom stereocenters. The molecule has 0 saturated carbocycles. The average Bonchev–Trinajstić information content (AvgIpc) is 2.61. The Morgan fingerprint density at radius 3 is 2.83 bits per heavy atom. The minimum absolute atomic E-state index is 0.208. The molecule has 0 aromatic heterocycles. The first-order valence-electron chi connectivity index (χ1n) is 8.61. The van der Waals surface area contributed by atoms with Crippen LogP contribution in [0.15, 0.2) is 24.3 Å².